The number of urea groups is 1. The molecular formula is C14H24N2O3. The van der Waals surface area contributed by atoms with E-state index >= 15 is 0 Å². The summed E-state index contributed by atoms with van der Waals surface area (Å²) < 4.78 is 0. The molecule has 0 heterocycles. The highest BCUT2D eigenvalue weighted by atomic mass is 16.4. The van der Waals surface area contributed by atoms with Crippen molar-refractivity contribution in [3.8, 4) is 0 Å². The van der Waals surface area contributed by atoms with Crippen LogP contribution >= 0.6 is 0 Å². The molecule has 0 aromatic carbocycles. The number of carboxylic acids is 1. The maximum absolute atomic E-state index is 11.9. The van der Waals surface area contributed by atoms with Gasteiger partial charge in [0.05, 0.1) is 5.92 Å². The highest BCUT2D eigenvalue weighted by Gasteiger charge is 2.31. The van der Waals surface area contributed by atoms with Crippen LogP contribution in [0.2, 0.25) is 0 Å². The zero-order valence-corrected chi connectivity index (χ0v) is 11.5. The molecule has 2 saturated carbocycles. The average molecular weight is 268 g/mol. The number of amides is 2. The minimum absolute atomic E-state index is 0.0135. The number of rotatable bonds is 6. The van der Waals surface area contributed by atoms with E-state index in [9.17, 15) is 9.59 Å². The molecule has 5 nitrogen and oxygen atoms in total. The van der Waals surface area contributed by atoms with Gasteiger partial charge in [0.15, 0.2) is 0 Å². The van der Waals surface area contributed by atoms with E-state index in [1.54, 1.807) is 0 Å². The first-order valence-electron chi connectivity index (χ1n) is 7.38. The van der Waals surface area contributed by atoms with Crippen molar-refractivity contribution in [2.45, 2.75) is 64.0 Å². The van der Waals surface area contributed by atoms with Gasteiger partial charge in [-0.15, -0.1) is 0 Å². The van der Waals surface area contributed by atoms with E-state index in [0.717, 1.165) is 25.2 Å². The molecule has 2 rings (SSSR count). The fourth-order valence-electron chi connectivity index (χ4n) is 2.83. The van der Waals surface area contributed by atoms with Crippen molar-refractivity contribution < 1.29 is 14.7 Å². The summed E-state index contributed by atoms with van der Waals surface area (Å²) in [5.41, 5.74) is 0. The monoisotopic (exact) mass is 268 g/mol. The summed E-state index contributed by atoms with van der Waals surface area (Å²) in [5, 5.41) is 14.8. The first-order valence-corrected chi connectivity index (χ1v) is 7.38. The molecule has 0 aromatic rings. The molecular weight excluding hydrogens is 244 g/mol. The first-order chi connectivity index (χ1) is 9.08. The van der Waals surface area contributed by atoms with Crippen molar-refractivity contribution >= 4 is 12.0 Å². The van der Waals surface area contributed by atoms with Crippen molar-refractivity contribution in [2.24, 2.45) is 11.8 Å². The molecule has 1 unspecified atom stereocenters. The summed E-state index contributed by atoms with van der Waals surface area (Å²) in [4.78, 5) is 22.7. The zero-order chi connectivity index (χ0) is 13.8. The molecule has 0 aromatic heterocycles. The molecule has 0 spiro atoms. The molecule has 5 heteroatoms. The SMILES string of the molecule is CCC(CC1CC1)NC(=O)N[C@H]1CC[C@@H](C(=O)O)C1. The van der Waals surface area contributed by atoms with E-state index in [0.29, 0.717) is 12.8 Å². The number of aliphatic carboxylic acids is 1. The predicted molar refractivity (Wildman–Crippen MR) is 71.9 cm³/mol. The van der Waals surface area contributed by atoms with Crippen molar-refractivity contribution in [3.63, 3.8) is 0 Å². The smallest absolute Gasteiger partial charge is 0.315 e. The lowest BCUT2D eigenvalue weighted by molar-refractivity contribution is -0.141. The Hall–Kier alpha value is -1.26. The van der Waals surface area contributed by atoms with Crippen molar-refractivity contribution in [3.05, 3.63) is 0 Å². The topological polar surface area (TPSA) is 78.4 Å². The molecule has 108 valence electrons. The first kappa shape index (κ1) is 14.2. The van der Waals surface area contributed by atoms with E-state index in [1.165, 1.54) is 12.8 Å². The van der Waals surface area contributed by atoms with Crippen LogP contribution < -0.4 is 10.6 Å². The number of carboxylic acid groups (broad SMARTS) is 1. The van der Waals surface area contributed by atoms with E-state index in [4.69, 9.17) is 5.11 Å². The van der Waals surface area contributed by atoms with Crippen LogP contribution in [-0.2, 0) is 4.79 Å². The van der Waals surface area contributed by atoms with Gasteiger partial charge in [-0.3, -0.25) is 4.79 Å². The van der Waals surface area contributed by atoms with Crippen LogP contribution in [0.5, 0.6) is 0 Å². The number of nitrogens with one attached hydrogen (secondary N) is 2. The Morgan fingerprint density at radius 3 is 2.53 bits per heavy atom. The number of carbonyl (C=O) groups excluding carboxylic acids is 1. The number of carbonyl (C=O) groups is 2. The lowest BCUT2D eigenvalue weighted by Gasteiger charge is -2.19. The molecule has 0 radical (unpaired) electrons. The second-order valence-corrected chi connectivity index (χ2v) is 5.95. The third-order valence-corrected chi connectivity index (χ3v) is 4.26. The van der Waals surface area contributed by atoms with Gasteiger partial charge in [-0.2, -0.15) is 0 Å². The number of hydrogen-bond donors (Lipinski definition) is 3. The van der Waals surface area contributed by atoms with Gasteiger partial charge in [0, 0.05) is 12.1 Å². The summed E-state index contributed by atoms with van der Waals surface area (Å²) >= 11 is 0. The Morgan fingerprint density at radius 1 is 1.26 bits per heavy atom. The van der Waals surface area contributed by atoms with Gasteiger partial charge in [-0.05, 0) is 38.0 Å². The summed E-state index contributed by atoms with van der Waals surface area (Å²) in [5.74, 6) is -0.239. The average Bonchev–Trinajstić information content (AvgIpc) is 3.05. The van der Waals surface area contributed by atoms with Crippen LogP contribution in [0.3, 0.4) is 0 Å². The summed E-state index contributed by atoms with van der Waals surface area (Å²) in [6, 6.07) is 0.132. The fraction of sp³-hybridized carbons (Fsp3) is 0.857. The standard InChI is InChI=1S/C14H24N2O3/c1-2-11(7-9-3-4-9)15-14(19)16-12-6-5-10(8-12)13(17)18/h9-12H,2-8H2,1H3,(H,17,18)(H2,15,16,19)/t10-,11?,12+/m1/s1. The molecule has 0 bridgehead atoms. The second kappa shape index (κ2) is 6.26. The van der Waals surface area contributed by atoms with Gasteiger partial charge in [-0.25, -0.2) is 4.79 Å². The van der Waals surface area contributed by atoms with Crippen LogP contribution in [-0.4, -0.2) is 29.2 Å². The highest BCUT2D eigenvalue weighted by Crippen LogP contribution is 2.34. The van der Waals surface area contributed by atoms with Crippen molar-refractivity contribution in [1.82, 2.24) is 10.6 Å². The zero-order valence-electron chi connectivity index (χ0n) is 11.5. The molecule has 0 aliphatic heterocycles. The minimum Gasteiger partial charge on any atom is -0.481 e. The van der Waals surface area contributed by atoms with E-state index in [2.05, 4.69) is 17.6 Å². The minimum atomic E-state index is -0.745. The molecule has 0 saturated heterocycles. The second-order valence-electron chi connectivity index (χ2n) is 5.95. The van der Waals surface area contributed by atoms with Crippen LogP contribution in [0.25, 0.3) is 0 Å². The lowest BCUT2D eigenvalue weighted by Crippen LogP contribution is -2.45. The molecule has 3 N–H and O–H groups in total. The Balaban J connectivity index is 1.70. The van der Waals surface area contributed by atoms with E-state index < -0.39 is 5.97 Å². The molecule has 19 heavy (non-hydrogen) atoms. The molecule has 2 aliphatic rings. The third-order valence-electron chi connectivity index (χ3n) is 4.26. The van der Waals surface area contributed by atoms with Gasteiger partial charge in [0.1, 0.15) is 0 Å². The quantitative estimate of drug-likeness (QED) is 0.690. The Morgan fingerprint density at radius 2 is 2.00 bits per heavy atom. The van der Waals surface area contributed by atoms with Crippen LogP contribution in [0, 0.1) is 11.8 Å². The summed E-state index contributed by atoms with van der Waals surface area (Å²) in [6.07, 6.45) is 6.61. The van der Waals surface area contributed by atoms with Crippen LogP contribution in [0.1, 0.15) is 51.9 Å². The lowest BCUT2D eigenvalue weighted by atomic mass is 10.1. The molecule has 2 fully saturated rings. The number of hydrogen-bond acceptors (Lipinski definition) is 2. The fourth-order valence-corrected chi connectivity index (χ4v) is 2.83. The predicted octanol–water partition coefficient (Wildman–Crippen LogP) is 2.12. The maximum Gasteiger partial charge on any atom is 0.315 e. The van der Waals surface area contributed by atoms with Gasteiger partial charge in [0.25, 0.3) is 0 Å². The van der Waals surface area contributed by atoms with Crippen LogP contribution in [0.4, 0.5) is 4.79 Å². The van der Waals surface area contributed by atoms with Gasteiger partial charge >= 0.3 is 12.0 Å². The molecule has 2 amide bonds. The van der Waals surface area contributed by atoms with Gasteiger partial charge in [0.2, 0.25) is 0 Å². The Kier molecular flexibility index (Phi) is 4.66. The molecule has 2 aliphatic carbocycles. The summed E-state index contributed by atoms with van der Waals surface area (Å²) in [6.45, 7) is 2.09. The van der Waals surface area contributed by atoms with Crippen molar-refractivity contribution in [2.75, 3.05) is 0 Å². The van der Waals surface area contributed by atoms with Crippen molar-refractivity contribution in [1.29, 1.82) is 0 Å². The third kappa shape index (κ3) is 4.40. The van der Waals surface area contributed by atoms with Gasteiger partial charge in [-0.1, -0.05) is 19.8 Å². The van der Waals surface area contributed by atoms with E-state index in [-0.39, 0.29) is 24.0 Å². The summed E-state index contributed by atoms with van der Waals surface area (Å²) in [7, 11) is 0. The Bertz CT molecular complexity index is 342. The maximum atomic E-state index is 11.9. The molecule has 3 atom stereocenters. The highest BCUT2D eigenvalue weighted by molar-refractivity contribution is 5.75. The van der Waals surface area contributed by atoms with E-state index in [1.807, 2.05) is 0 Å². The normalized spacial score (nSPS) is 27.8. The van der Waals surface area contributed by atoms with Gasteiger partial charge < -0.3 is 15.7 Å². The van der Waals surface area contributed by atoms with Crippen LogP contribution in [0.15, 0.2) is 0 Å². The largest absolute Gasteiger partial charge is 0.481 e. The Labute approximate surface area is 114 Å².